The molecule has 0 bridgehead atoms. The third-order valence-corrected chi connectivity index (χ3v) is 7.41. The molecule has 0 aliphatic heterocycles. The van der Waals surface area contributed by atoms with Gasteiger partial charge in [0.05, 0.1) is 0 Å². The summed E-state index contributed by atoms with van der Waals surface area (Å²) in [5.74, 6) is -11.1. The predicted molar refractivity (Wildman–Crippen MR) is 106 cm³/mol. The highest BCUT2D eigenvalue weighted by molar-refractivity contribution is 5.11. The summed E-state index contributed by atoms with van der Waals surface area (Å²) >= 11 is 0. The van der Waals surface area contributed by atoms with Gasteiger partial charge in [0.25, 0.3) is 5.60 Å². The summed E-state index contributed by atoms with van der Waals surface area (Å²) < 4.78 is 145. The number of hydrogen-bond acceptors (Lipinski definition) is 1. The Morgan fingerprint density at radius 2 is 1.23 bits per heavy atom. The Hall–Kier alpha value is -1.33. The van der Waals surface area contributed by atoms with Crippen molar-refractivity contribution in [2.24, 2.45) is 23.7 Å². The first kappa shape index (κ1) is 29.9. The first-order valence-corrected chi connectivity index (χ1v) is 11.6. The molecule has 0 amide bonds. The second kappa shape index (κ2) is 11.4. The van der Waals surface area contributed by atoms with Crippen LogP contribution < -0.4 is 0 Å². The minimum absolute atomic E-state index is 0.175. The number of aliphatic hydroxyl groups is 1. The SMILES string of the molecule is OC(CC(C/C=C/C1CCC(C2CCCCC2)CC1)C(F)(F)C(F)=C(F)F)(C(F)(F)F)C(F)(F)F. The van der Waals surface area contributed by atoms with E-state index in [4.69, 9.17) is 0 Å². The Morgan fingerprint density at radius 1 is 0.743 bits per heavy atom. The molecular weight excluding hydrogens is 501 g/mol. The van der Waals surface area contributed by atoms with Crippen molar-refractivity contribution in [3.05, 3.63) is 24.1 Å². The molecule has 2 rings (SSSR count). The second-order valence-corrected chi connectivity index (χ2v) is 9.69. The number of halogens is 11. The summed E-state index contributed by atoms with van der Waals surface area (Å²) in [6.07, 6.45) is -9.51. The van der Waals surface area contributed by atoms with Crippen LogP contribution in [0.1, 0.15) is 70.6 Å². The molecule has 1 N–H and O–H groups in total. The molecule has 0 radical (unpaired) electrons. The fourth-order valence-corrected chi connectivity index (χ4v) is 5.26. The van der Waals surface area contributed by atoms with Gasteiger partial charge in [-0.05, 0) is 49.9 Å². The van der Waals surface area contributed by atoms with E-state index in [1.54, 1.807) is 0 Å². The number of allylic oxidation sites excluding steroid dienone is 3. The van der Waals surface area contributed by atoms with E-state index in [0.29, 0.717) is 24.7 Å². The van der Waals surface area contributed by atoms with Gasteiger partial charge in [-0.2, -0.15) is 48.3 Å². The van der Waals surface area contributed by atoms with Gasteiger partial charge in [0.1, 0.15) is 0 Å². The zero-order valence-corrected chi connectivity index (χ0v) is 18.8. The van der Waals surface area contributed by atoms with Gasteiger partial charge in [-0.3, -0.25) is 0 Å². The van der Waals surface area contributed by atoms with Crippen molar-refractivity contribution in [3.8, 4) is 0 Å². The van der Waals surface area contributed by atoms with E-state index in [0.717, 1.165) is 44.6 Å². The summed E-state index contributed by atoms with van der Waals surface area (Å²) in [6.45, 7) is 0. The fraction of sp³-hybridized carbons (Fsp3) is 0.826. The maximum absolute atomic E-state index is 14.3. The van der Waals surface area contributed by atoms with Crippen molar-refractivity contribution in [2.75, 3.05) is 0 Å². The molecule has 1 unspecified atom stereocenters. The van der Waals surface area contributed by atoms with Crippen LogP contribution in [0.5, 0.6) is 0 Å². The first-order valence-electron chi connectivity index (χ1n) is 11.6. The van der Waals surface area contributed by atoms with E-state index in [2.05, 4.69) is 0 Å². The molecule has 1 nitrogen and oxygen atoms in total. The summed E-state index contributed by atoms with van der Waals surface area (Å²) in [5.41, 5.74) is -5.63. The molecule has 2 saturated carbocycles. The van der Waals surface area contributed by atoms with Gasteiger partial charge in [-0.25, -0.2) is 0 Å². The Morgan fingerprint density at radius 3 is 1.69 bits per heavy atom. The summed E-state index contributed by atoms with van der Waals surface area (Å²) in [7, 11) is 0. The van der Waals surface area contributed by atoms with Crippen molar-refractivity contribution in [3.63, 3.8) is 0 Å². The Kier molecular flexibility index (Phi) is 9.72. The topological polar surface area (TPSA) is 20.2 Å². The lowest BCUT2D eigenvalue weighted by Crippen LogP contribution is -2.59. The molecule has 204 valence electrons. The molecule has 0 heterocycles. The van der Waals surface area contributed by atoms with E-state index >= 15 is 0 Å². The number of hydrogen-bond donors (Lipinski definition) is 1. The normalized spacial score (nSPS) is 24.6. The quantitative estimate of drug-likeness (QED) is 0.245. The summed E-state index contributed by atoms with van der Waals surface area (Å²) in [4.78, 5) is 0. The van der Waals surface area contributed by atoms with Gasteiger partial charge in [-0.15, -0.1) is 0 Å². The number of alkyl halides is 8. The largest absolute Gasteiger partial charge is 0.426 e. The molecule has 12 heteroatoms. The molecule has 1 atom stereocenters. The van der Waals surface area contributed by atoms with Crippen LogP contribution in [0.15, 0.2) is 24.1 Å². The molecule has 0 saturated heterocycles. The van der Waals surface area contributed by atoms with Crippen LogP contribution in [-0.2, 0) is 0 Å². The minimum atomic E-state index is -6.45. The molecular formula is C23H29F11O. The van der Waals surface area contributed by atoms with E-state index < -0.39 is 54.5 Å². The molecule has 2 aliphatic carbocycles. The zero-order chi connectivity index (χ0) is 26.7. The lowest BCUT2D eigenvalue weighted by atomic mass is 9.71. The van der Waals surface area contributed by atoms with Crippen molar-refractivity contribution < 1.29 is 53.4 Å². The van der Waals surface area contributed by atoms with E-state index in [1.165, 1.54) is 12.5 Å². The lowest BCUT2D eigenvalue weighted by Gasteiger charge is -2.37. The highest BCUT2D eigenvalue weighted by atomic mass is 19.4. The van der Waals surface area contributed by atoms with Crippen LogP contribution in [-0.4, -0.2) is 29.0 Å². The molecule has 0 spiro atoms. The van der Waals surface area contributed by atoms with Crippen molar-refractivity contribution in [2.45, 2.75) is 94.5 Å². The van der Waals surface area contributed by atoms with Crippen molar-refractivity contribution >= 4 is 0 Å². The van der Waals surface area contributed by atoms with Gasteiger partial charge in [-0.1, -0.05) is 44.3 Å². The van der Waals surface area contributed by atoms with E-state index in [-0.39, 0.29) is 5.92 Å². The fourth-order valence-electron chi connectivity index (χ4n) is 5.26. The maximum Gasteiger partial charge on any atom is 0.426 e. The van der Waals surface area contributed by atoms with Gasteiger partial charge in [0.15, 0.2) is 0 Å². The Balaban J connectivity index is 2.16. The molecule has 0 aromatic heterocycles. The average Bonchev–Trinajstić information content (AvgIpc) is 2.77. The van der Waals surface area contributed by atoms with Crippen LogP contribution in [0.25, 0.3) is 0 Å². The van der Waals surface area contributed by atoms with Crippen molar-refractivity contribution in [1.29, 1.82) is 0 Å². The predicted octanol–water partition coefficient (Wildman–Crippen LogP) is 8.89. The van der Waals surface area contributed by atoms with E-state index in [1.807, 2.05) is 0 Å². The highest BCUT2D eigenvalue weighted by Gasteiger charge is 2.72. The van der Waals surface area contributed by atoms with Gasteiger partial charge in [0.2, 0.25) is 5.83 Å². The second-order valence-electron chi connectivity index (χ2n) is 9.69. The molecule has 0 aromatic rings. The minimum Gasteiger partial charge on any atom is -0.374 e. The lowest BCUT2D eigenvalue weighted by molar-refractivity contribution is -0.375. The van der Waals surface area contributed by atoms with Gasteiger partial charge < -0.3 is 5.11 Å². The van der Waals surface area contributed by atoms with Crippen LogP contribution in [0.4, 0.5) is 48.3 Å². The maximum atomic E-state index is 14.3. The van der Waals surface area contributed by atoms with Gasteiger partial charge in [0, 0.05) is 12.3 Å². The Labute approximate surface area is 196 Å². The number of rotatable bonds is 8. The average molecular weight is 530 g/mol. The van der Waals surface area contributed by atoms with E-state index in [9.17, 15) is 53.4 Å². The molecule has 0 aromatic carbocycles. The Bertz CT molecular complexity index is 722. The highest BCUT2D eigenvalue weighted by Crippen LogP contribution is 2.51. The first-order chi connectivity index (χ1) is 16.0. The summed E-state index contributed by atoms with van der Waals surface area (Å²) in [5, 5.41) is 9.31. The smallest absolute Gasteiger partial charge is 0.374 e. The van der Waals surface area contributed by atoms with Crippen LogP contribution in [0.2, 0.25) is 0 Å². The zero-order valence-electron chi connectivity index (χ0n) is 18.8. The summed E-state index contributed by atoms with van der Waals surface area (Å²) in [6, 6.07) is 0. The third kappa shape index (κ3) is 7.13. The van der Waals surface area contributed by atoms with Crippen LogP contribution in [0.3, 0.4) is 0 Å². The standard InChI is InChI=1S/C23H29F11O/c24-18(19(25)26)21(27,28)17(13-20(35,22(29,30)31)23(32,33)34)8-4-5-14-9-11-16(12-10-14)15-6-2-1-3-7-15/h4-5,14-17,35H,1-3,6-13H2/b5-4+. The molecule has 2 aliphatic rings. The van der Waals surface area contributed by atoms with Crippen LogP contribution >= 0.6 is 0 Å². The monoisotopic (exact) mass is 530 g/mol. The molecule has 2 fully saturated rings. The van der Waals surface area contributed by atoms with Crippen LogP contribution in [0, 0.1) is 23.7 Å². The molecule has 35 heavy (non-hydrogen) atoms. The third-order valence-electron chi connectivity index (χ3n) is 7.41. The van der Waals surface area contributed by atoms with Gasteiger partial charge >= 0.3 is 24.4 Å². The van der Waals surface area contributed by atoms with Crippen molar-refractivity contribution in [1.82, 2.24) is 0 Å².